The third kappa shape index (κ3) is 6.23. The van der Waals surface area contributed by atoms with Crippen molar-refractivity contribution in [1.82, 2.24) is 10.2 Å². The van der Waals surface area contributed by atoms with E-state index in [2.05, 4.69) is 12.2 Å². The van der Waals surface area contributed by atoms with E-state index in [9.17, 15) is 9.59 Å². The molecule has 6 heteroatoms. The number of carbonyl (C=O) groups excluding carboxylic acids is 1. The number of urea groups is 1. The summed E-state index contributed by atoms with van der Waals surface area (Å²) in [5.74, 6) is -1.24. The summed E-state index contributed by atoms with van der Waals surface area (Å²) >= 11 is 0. The van der Waals surface area contributed by atoms with E-state index in [-0.39, 0.29) is 6.03 Å². The van der Waals surface area contributed by atoms with Crippen molar-refractivity contribution in [3.8, 4) is 0 Å². The first-order chi connectivity index (χ1) is 9.65. The lowest BCUT2D eigenvalue weighted by molar-refractivity contribution is -0.143. The molecular weight excluding hydrogens is 260 g/mol. The SMILES string of the molecule is CCCCOCCCNC(=O)N1CCC[C@H](C(=O)O)C1. The van der Waals surface area contributed by atoms with Gasteiger partial charge < -0.3 is 20.1 Å². The smallest absolute Gasteiger partial charge is 0.317 e. The molecule has 0 aromatic rings. The number of likely N-dealkylation sites (tertiary alicyclic amines) is 1. The first-order valence-corrected chi connectivity index (χ1v) is 7.48. The molecule has 2 amide bonds. The fourth-order valence-electron chi connectivity index (χ4n) is 2.19. The van der Waals surface area contributed by atoms with Crippen molar-refractivity contribution >= 4 is 12.0 Å². The summed E-state index contributed by atoms with van der Waals surface area (Å²) in [5, 5.41) is 11.8. The van der Waals surface area contributed by atoms with Gasteiger partial charge in [0.1, 0.15) is 0 Å². The highest BCUT2D eigenvalue weighted by atomic mass is 16.5. The highest BCUT2D eigenvalue weighted by Crippen LogP contribution is 2.16. The molecule has 1 aliphatic rings. The second-order valence-corrected chi connectivity index (χ2v) is 5.17. The Morgan fingerprint density at radius 3 is 2.80 bits per heavy atom. The van der Waals surface area contributed by atoms with Crippen molar-refractivity contribution in [2.24, 2.45) is 5.92 Å². The number of unbranched alkanes of at least 4 members (excludes halogenated alkanes) is 1. The van der Waals surface area contributed by atoms with Crippen molar-refractivity contribution in [1.29, 1.82) is 0 Å². The number of amides is 2. The zero-order valence-corrected chi connectivity index (χ0v) is 12.3. The van der Waals surface area contributed by atoms with Crippen molar-refractivity contribution in [3.05, 3.63) is 0 Å². The Kier molecular flexibility index (Phi) is 8.02. The van der Waals surface area contributed by atoms with Gasteiger partial charge in [0.05, 0.1) is 5.92 Å². The van der Waals surface area contributed by atoms with Crippen LogP contribution in [-0.2, 0) is 9.53 Å². The predicted octanol–water partition coefficient (Wildman–Crippen LogP) is 1.70. The monoisotopic (exact) mass is 286 g/mol. The first kappa shape index (κ1) is 16.8. The van der Waals surface area contributed by atoms with Crippen LogP contribution in [-0.4, -0.2) is 54.9 Å². The van der Waals surface area contributed by atoms with Crippen LogP contribution >= 0.6 is 0 Å². The molecule has 1 atom stereocenters. The fourth-order valence-corrected chi connectivity index (χ4v) is 2.19. The molecule has 0 radical (unpaired) electrons. The molecule has 1 fully saturated rings. The number of piperidine rings is 1. The second-order valence-electron chi connectivity index (χ2n) is 5.17. The summed E-state index contributed by atoms with van der Waals surface area (Å²) in [6.45, 7) is 5.07. The van der Waals surface area contributed by atoms with Gasteiger partial charge in [0.2, 0.25) is 0 Å². The van der Waals surface area contributed by atoms with E-state index in [1.165, 1.54) is 0 Å². The lowest BCUT2D eigenvalue weighted by atomic mass is 9.99. The molecule has 0 bridgehead atoms. The van der Waals surface area contributed by atoms with Gasteiger partial charge in [-0.3, -0.25) is 4.79 Å². The van der Waals surface area contributed by atoms with Crippen LogP contribution in [0.1, 0.15) is 39.0 Å². The minimum Gasteiger partial charge on any atom is -0.481 e. The zero-order valence-electron chi connectivity index (χ0n) is 12.3. The van der Waals surface area contributed by atoms with Crippen LogP contribution in [0.5, 0.6) is 0 Å². The molecule has 1 rings (SSSR count). The largest absolute Gasteiger partial charge is 0.481 e. The Bertz CT molecular complexity index is 310. The fraction of sp³-hybridized carbons (Fsp3) is 0.857. The van der Waals surface area contributed by atoms with Crippen molar-refractivity contribution in [2.75, 3.05) is 32.8 Å². The molecule has 6 nitrogen and oxygen atoms in total. The number of aliphatic carboxylic acids is 1. The number of hydrogen-bond acceptors (Lipinski definition) is 3. The van der Waals surface area contributed by atoms with Crippen LogP contribution in [0.4, 0.5) is 4.79 Å². The number of nitrogens with zero attached hydrogens (tertiary/aromatic N) is 1. The second kappa shape index (κ2) is 9.58. The summed E-state index contributed by atoms with van der Waals surface area (Å²) in [7, 11) is 0. The van der Waals surface area contributed by atoms with Crippen LogP contribution in [0.15, 0.2) is 0 Å². The minimum absolute atomic E-state index is 0.162. The van der Waals surface area contributed by atoms with Crippen LogP contribution < -0.4 is 5.32 Å². The molecule has 0 spiro atoms. The van der Waals surface area contributed by atoms with Crippen LogP contribution in [0.25, 0.3) is 0 Å². The number of carboxylic acid groups (broad SMARTS) is 1. The van der Waals surface area contributed by atoms with Gasteiger partial charge in [-0.2, -0.15) is 0 Å². The Morgan fingerprint density at radius 2 is 2.10 bits per heavy atom. The van der Waals surface area contributed by atoms with Crippen molar-refractivity contribution in [2.45, 2.75) is 39.0 Å². The Hall–Kier alpha value is -1.30. The Balaban J connectivity index is 2.11. The average molecular weight is 286 g/mol. The molecule has 0 aliphatic carbocycles. The molecule has 20 heavy (non-hydrogen) atoms. The number of nitrogens with one attached hydrogen (secondary N) is 1. The molecule has 0 aromatic carbocycles. The first-order valence-electron chi connectivity index (χ1n) is 7.48. The summed E-state index contributed by atoms with van der Waals surface area (Å²) in [5.41, 5.74) is 0. The van der Waals surface area contributed by atoms with E-state index in [0.717, 1.165) is 32.3 Å². The topological polar surface area (TPSA) is 78.9 Å². The van der Waals surface area contributed by atoms with Gasteiger partial charge in [-0.1, -0.05) is 13.3 Å². The molecule has 1 aliphatic heterocycles. The van der Waals surface area contributed by atoms with Gasteiger partial charge in [-0.25, -0.2) is 4.79 Å². The van der Waals surface area contributed by atoms with Crippen molar-refractivity contribution < 1.29 is 19.4 Å². The average Bonchev–Trinajstić information content (AvgIpc) is 2.46. The van der Waals surface area contributed by atoms with Crippen molar-refractivity contribution in [3.63, 3.8) is 0 Å². The number of hydrogen-bond donors (Lipinski definition) is 2. The lowest BCUT2D eigenvalue weighted by Gasteiger charge is -2.30. The summed E-state index contributed by atoms with van der Waals surface area (Å²) in [4.78, 5) is 24.4. The molecule has 0 saturated carbocycles. The predicted molar refractivity (Wildman–Crippen MR) is 75.7 cm³/mol. The standard InChI is InChI=1S/C14H26N2O4/c1-2-3-9-20-10-5-7-15-14(19)16-8-4-6-12(11-16)13(17)18/h12H,2-11H2,1H3,(H,15,19)(H,17,18)/t12-/m0/s1. The maximum atomic E-state index is 11.9. The number of rotatable bonds is 8. The molecule has 0 unspecified atom stereocenters. The van der Waals surface area contributed by atoms with E-state index in [4.69, 9.17) is 9.84 Å². The number of ether oxygens (including phenoxy) is 1. The molecule has 0 aromatic heterocycles. The van der Waals surface area contributed by atoms with Gasteiger partial charge in [-0.05, 0) is 25.7 Å². The normalized spacial score (nSPS) is 18.9. The molecule has 2 N–H and O–H groups in total. The van der Waals surface area contributed by atoms with E-state index in [1.807, 2.05) is 0 Å². The Morgan fingerprint density at radius 1 is 1.35 bits per heavy atom. The third-order valence-corrected chi connectivity index (χ3v) is 3.44. The maximum absolute atomic E-state index is 11.9. The highest BCUT2D eigenvalue weighted by Gasteiger charge is 2.27. The highest BCUT2D eigenvalue weighted by molar-refractivity contribution is 5.76. The van der Waals surface area contributed by atoms with E-state index < -0.39 is 11.9 Å². The van der Waals surface area contributed by atoms with Crippen LogP contribution in [0, 0.1) is 5.92 Å². The van der Waals surface area contributed by atoms with E-state index in [0.29, 0.717) is 32.7 Å². The Labute approximate surface area is 120 Å². The maximum Gasteiger partial charge on any atom is 0.317 e. The summed E-state index contributed by atoms with van der Waals surface area (Å²) in [6.07, 6.45) is 4.38. The molecular formula is C14H26N2O4. The minimum atomic E-state index is -0.813. The van der Waals surface area contributed by atoms with Crippen LogP contribution in [0.3, 0.4) is 0 Å². The van der Waals surface area contributed by atoms with E-state index in [1.54, 1.807) is 4.90 Å². The van der Waals surface area contributed by atoms with Gasteiger partial charge in [-0.15, -0.1) is 0 Å². The molecule has 1 saturated heterocycles. The van der Waals surface area contributed by atoms with Gasteiger partial charge >= 0.3 is 12.0 Å². The number of carboxylic acids is 1. The lowest BCUT2D eigenvalue weighted by Crippen LogP contribution is -2.47. The summed E-state index contributed by atoms with van der Waals surface area (Å²) < 4.78 is 5.41. The van der Waals surface area contributed by atoms with Crippen LogP contribution in [0.2, 0.25) is 0 Å². The number of carbonyl (C=O) groups is 2. The van der Waals surface area contributed by atoms with Gasteiger partial charge in [0, 0.05) is 32.8 Å². The van der Waals surface area contributed by atoms with Gasteiger partial charge in [0.15, 0.2) is 0 Å². The zero-order chi connectivity index (χ0) is 14.8. The quantitative estimate of drug-likeness (QED) is 0.666. The molecule has 116 valence electrons. The van der Waals surface area contributed by atoms with E-state index >= 15 is 0 Å². The molecule has 1 heterocycles. The summed E-state index contributed by atoms with van der Waals surface area (Å²) in [6, 6.07) is -0.162. The third-order valence-electron chi connectivity index (χ3n) is 3.44. The van der Waals surface area contributed by atoms with Gasteiger partial charge in [0.25, 0.3) is 0 Å².